The molecule has 0 saturated carbocycles. The largest absolute Gasteiger partial charge is 0.497 e. The van der Waals surface area contributed by atoms with Crippen molar-refractivity contribution in [2.75, 3.05) is 34.4 Å². The lowest BCUT2D eigenvalue weighted by Crippen LogP contribution is -2.19. The highest BCUT2D eigenvalue weighted by molar-refractivity contribution is 6.34. The molecule has 0 amide bonds. The molecule has 3 aromatic rings. The Bertz CT molecular complexity index is 1060. The molecule has 0 saturated heterocycles. The molecule has 160 valence electrons. The van der Waals surface area contributed by atoms with Crippen LogP contribution >= 0.6 is 11.6 Å². The van der Waals surface area contributed by atoms with E-state index in [4.69, 9.17) is 21.1 Å². The third-order valence-electron chi connectivity index (χ3n) is 4.77. The zero-order valence-corrected chi connectivity index (χ0v) is 18.7. The zero-order valence-electron chi connectivity index (χ0n) is 18.0. The van der Waals surface area contributed by atoms with Gasteiger partial charge in [0.15, 0.2) is 5.78 Å². The molecule has 0 bridgehead atoms. The van der Waals surface area contributed by atoms with E-state index in [1.807, 2.05) is 50.5 Å². The van der Waals surface area contributed by atoms with Crippen molar-refractivity contribution < 1.29 is 14.3 Å². The number of benzene rings is 3. The highest BCUT2D eigenvalue weighted by Crippen LogP contribution is 2.29. The van der Waals surface area contributed by atoms with E-state index >= 15 is 0 Å². The second-order valence-electron chi connectivity index (χ2n) is 7.31. The second kappa shape index (κ2) is 10.8. The summed E-state index contributed by atoms with van der Waals surface area (Å²) in [7, 11) is 5.56. The van der Waals surface area contributed by atoms with Gasteiger partial charge in [0, 0.05) is 17.7 Å². The number of ketones is 1. The van der Waals surface area contributed by atoms with E-state index in [1.54, 1.807) is 31.4 Å². The topological polar surface area (TPSA) is 38.8 Å². The highest BCUT2D eigenvalue weighted by atomic mass is 35.5. The number of nitrogens with zero attached hydrogens (tertiary/aromatic N) is 1. The summed E-state index contributed by atoms with van der Waals surface area (Å²) in [6.07, 6.45) is 3.30. The first-order chi connectivity index (χ1) is 15.0. The molecule has 0 radical (unpaired) electrons. The summed E-state index contributed by atoms with van der Waals surface area (Å²) >= 11 is 6.26. The summed E-state index contributed by atoms with van der Waals surface area (Å²) in [5.74, 6) is 1.15. The van der Waals surface area contributed by atoms with Gasteiger partial charge in [-0.3, -0.25) is 4.79 Å². The van der Waals surface area contributed by atoms with Gasteiger partial charge in [0.2, 0.25) is 0 Å². The van der Waals surface area contributed by atoms with Gasteiger partial charge in [0.05, 0.1) is 12.1 Å². The van der Waals surface area contributed by atoms with Crippen LogP contribution in [0.4, 0.5) is 0 Å². The fraction of sp³-hybridized carbons (Fsp3) is 0.192. The molecule has 0 atom stereocenters. The molecule has 0 spiro atoms. The Morgan fingerprint density at radius 2 is 1.77 bits per heavy atom. The predicted octanol–water partition coefficient (Wildman–Crippen LogP) is 5.85. The number of allylic oxidation sites excluding steroid dienone is 1. The third-order valence-corrected chi connectivity index (χ3v) is 5.08. The van der Waals surface area contributed by atoms with Crippen molar-refractivity contribution in [2.45, 2.75) is 0 Å². The quantitative estimate of drug-likeness (QED) is 0.312. The summed E-state index contributed by atoms with van der Waals surface area (Å²) in [6.45, 7) is 1.35. The molecule has 0 aliphatic carbocycles. The van der Waals surface area contributed by atoms with E-state index in [0.717, 1.165) is 29.0 Å². The molecule has 0 unspecified atom stereocenters. The zero-order chi connectivity index (χ0) is 22.2. The number of likely N-dealkylation sites (N-methyl/N-ethyl adjacent to an activating group) is 1. The first-order valence-corrected chi connectivity index (χ1v) is 10.4. The Kier molecular flexibility index (Phi) is 7.88. The molecule has 31 heavy (non-hydrogen) atoms. The Hall–Kier alpha value is -3.08. The third kappa shape index (κ3) is 6.20. The van der Waals surface area contributed by atoms with Gasteiger partial charge in [-0.25, -0.2) is 0 Å². The highest BCUT2D eigenvalue weighted by Gasteiger charge is 2.10. The maximum atomic E-state index is 12.7. The van der Waals surface area contributed by atoms with E-state index in [9.17, 15) is 4.79 Å². The minimum atomic E-state index is -0.183. The Morgan fingerprint density at radius 3 is 2.45 bits per heavy atom. The van der Waals surface area contributed by atoms with Crippen LogP contribution in [-0.4, -0.2) is 45.0 Å². The van der Waals surface area contributed by atoms with Crippen molar-refractivity contribution in [3.8, 4) is 22.6 Å². The lowest BCUT2D eigenvalue weighted by Gasteiger charge is -2.14. The van der Waals surface area contributed by atoms with Gasteiger partial charge in [-0.1, -0.05) is 48.0 Å². The molecule has 0 heterocycles. The van der Waals surface area contributed by atoms with Gasteiger partial charge < -0.3 is 14.4 Å². The monoisotopic (exact) mass is 435 g/mol. The van der Waals surface area contributed by atoms with E-state index in [1.165, 1.54) is 6.08 Å². The number of halogens is 1. The summed E-state index contributed by atoms with van der Waals surface area (Å²) in [4.78, 5) is 14.8. The summed E-state index contributed by atoms with van der Waals surface area (Å²) in [5, 5.41) is 0.356. The van der Waals surface area contributed by atoms with Crippen LogP contribution in [0.1, 0.15) is 15.9 Å². The molecule has 0 aliphatic heterocycles. The van der Waals surface area contributed by atoms with Crippen LogP contribution in [0.25, 0.3) is 17.2 Å². The predicted molar refractivity (Wildman–Crippen MR) is 127 cm³/mol. The minimum absolute atomic E-state index is 0.183. The van der Waals surface area contributed by atoms with E-state index < -0.39 is 0 Å². The molecule has 0 fully saturated rings. The average molecular weight is 436 g/mol. The summed E-state index contributed by atoms with van der Waals surface area (Å²) in [5.41, 5.74) is 3.41. The van der Waals surface area contributed by atoms with E-state index in [2.05, 4.69) is 17.0 Å². The smallest absolute Gasteiger partial charge is 0.187 e. The normalized spacial score (nSPS) is 11.1. The number of carbonyl (C=O) groups is 1. The fourth-order valence-corrected chi connectivity index (χ4v) is 3.30. The summed E-state index contributed by atoms with van der Waals surface area (Å²) < 4.78 is 11.1. The Morgan fingerprint density at radius 1 is 1.00 bits per heavy atom. The van der Waals surface area contributed by atoms with Crippen LogP contribution in [0, 0.1) is 0 Å². The lowest BCUT2D eigenvalue weighted by atomic mass is 10.0. The van der Waals surface area contributed by atoms with Crippen LogP contribution in [0.15, 0.2) is 72.8 Å². The number of hydrogen-bond donors (Lipinski definition) is 0. The minimum Gasteiger partial charge on any atom is -0.497 e. The molecule has 3 rings (SSSR count). The lowest BCUT2D eigenvalue weighted by molar-refractivity contribution is 0.104. The van der Waals surface area contributed by atoms with Crippen LogP contribution in [-0.2, 0) is 0 Å². The molecule has 4 nitrogen and oxygen atoms in total. The van der Waals surface area contributed by atoms with Crippen LogP contribution < -0.4 is 9.47 Å². The first kappa shape index (κ1) is 22.6. The Balaban J connectivity index is 1.89. The number of hydrogen-bond acceptors (Lipinski definition) is 4. The standard InChI is InChI=1S/C26H26ClNO3/c1-28(2)15-16-31-26-14-10-20(19-7-5-4-6-8-19)17-21(26)9-13-25(29)23-12-11-22(30-3)18-24(23)27/h4-14,17-18H,15-16H2,1-3H3. The van der Waals surface area contributed by atoms with E-state index in [0.29, 0.717) is 22.9 Å². The van der Waals surface area contributed by atoms with Gasteiger partial charge in [0.1, 0.15) is 18.1 Å². The number of ether oxygens (including phenoxy) is 2. The van der Waals surface area contributed by atoms with Crippen LogP contribution in [0.5, 0.6) is 11.5 Å². The van der Waals surface area contributed by atoms with Crippen molar-refractivity contribution in [1.29, 1.82) is 0 Å². The molecule has 0 aromatic heterocycles. The van der Waals surface area contributed by atoms with E-state index in [-0.39, 0.29) is 5.78 Å². The molecular weight excluding hydrogens is 410 g/mol. The Labute approximate surface area is 188 Å². The molecule has 5 heteroatoms. The molecule has 3 aromatic carbocycles. The van der Waals surface area contributed by atoms with Gasteiger partial charge >= 0.3 is 0 Å². The summed E-state index contributed by atoms with van der Waals surface area (Å²) in [6, 6.07) is 21.1. The average Bonchev–Trinajstić information content (AvgIpc) is 2.78. The van der Waals surface area contributed by atoms with Crippen molar-refractivity contribution in [3.63, 3.8) is 0 Å². The maximum Gasteiger partial charge on any atom is 0.187 e. The van der Waals surface area contributed by atoms with Gasteiger partial charge in [-0.15, -0.1) is 0 Å². The van der Waals surface area contributed by atoms with Crippen molar-refractivity contribution >= 4 is 23.5 Å². The molecule has 0 N–H and O–H groups in total. The van der Waals surface area contributed by atoms with Crippen LogP contribution in [0.3, 0.4) is 0 Å². The fourth-order valence-electron chi connectivity index (χ4n) is 3.04. The molecular formula is C26H26ClNO3. The number of methoxy groups -OCH3 is 1. The SMILES string of the molecule is COc1ccc(C(=O)C=Cc2cc(-c3ccccc3)ccc2OCCN(C)C)c(Cl)c1. The second-order valence-corrected chi connectivity index (χ2v) is 7.72. The maximum absolute atomic E-state index is 12.7. The van der Waals surface area contributed by atoms with Crippen LogP contribution in [0.2, 0.25) is 5.02 Å². The molecule has 0 aliphatic rings. The van der Waals surface area contributed by atoms with Gasteiger partial charge in [-0.05, 0) is 67.7 Å². The van der Waals surface area contributed by atoms with Crippen molar-refractivity contribution in [1.82, 2.24) is 4.90 Å². The van der Waals surface area contributed by atoms with Crippen molar-refractivity contribution in [3.05, 3.63) is 89.0 Å². The first-order valence-electron chi connectivity index (χ1n) is 10.0. The van der Waals surface area contributed by atoms with Gasteiger partial charge in [-0.2, -0.15) is 0 Å². The number of carbonyl (C=O) groups excluding carboxylic acids is 1. The van der Waals surface area contributed by atoms with Gasteiger partial charge in [0.25, 0.3) is 0 Å². The van der Waals surface area contributed by atoms with Crippen molar-refractivity contribution in [2.24, 2.45) is 0 Å². The number of rotatable bonds is 9.